The maximum Gasteiger partial charge on any atom is 0.322 e. The molecule has 1 heterocycles. The third kappa shape index (κ3) is 1.26. The minimum Gasteiger partial charge on any atom is -0.397 e. The first-order valence-corrected chi connectivity index (χ1v) is 5.66. The lowest BCUT2D eigenvalue weighted by molar-refractivity contribution is 0.236. The highest BCUT2D eigenvalue weighted by molar-refractivity contribution is 5.98. The van der Waals surface area contributed by atoms with Gasteiger partial charge >= 0.3 is 6.03 Å². The number of nitrogens with one attached hydrogen (secondary N) is 1. The molecule has 1 aliphatic carbocycles. The standard InChI is InChI=1S/C12H15N3O/c13-9-3-1-2-4-10(9)15-11(16)14-8-7-12(15)5-6-12/h1-4H,5-8,13H2,(H,14,16). The molecule has 0 bridgehead atoms. The van der Waals surface area contributed by atoms with E-state index in [1.807, 2.05) is 29.2 Å². The third-order valence-corrected chi connectivity index (χ3v) is 3.55. The average molecular weight is 217 g/mol. The van der Waals surface area contributed by atoms with Crippen molar-refractivity contribution in [2.75, 3.05) is 17.2 Å². The van der Waals surface area contributed by atoms with E-state index in [-0.39, 0.29) is 11.6 Å². The molecular weight excluding hydrogens is 202 g/mol. The number of nitrogens with two attached hydrogens (primary N) is 1. The summed E-state index contributed by atoms with van der Waals surface area (Å²) >= 11 is 0. The van der Waals surface area contributed by atoms with Crippen LogP contribution < -0.4 is 16.0 Å². The van der Waals surface area contributed by atoms with Crippen LogP contribution in [-0.4, -0.2) is 18.1 Å². The SMILES string of the molecule is Nc1ccccc1N1C(=O)NCCC12CC2. The second-order valence-electron chi connectivity index (χ2n) is 4.60. The molecule has 4 heteroatoms. The summed E-state index contributed by atoms with van der Waals surface area (Å²) in [7, 11) is 0. The fraction of sp³-hybridized carbons (Fsp3) is 0.417. The van der Waals surface area contributed by atoms with Gasteiger partial charge in [-0.2, -0.15) is 0 Å². The second kappa shape index (κ2) is 3.14. The van der Waals surface area contributed by atoms with Gasteiger partial charge in [-0.15, -0.1) is 0 Å². The first-order valence-electron chi connectivity index (χ1n) is 5.66. The highest BCUT2D eigenvalue weighted by Gasteiger charge is 2.52. The number of carbonyl (C=O) groups excluding carboxylic acids is 1. The molecule has 0 atom stereocenters. The van der Waals surface area contributed by atoms with Crippen molar-refractivity contribution in [2.45, 2.75) is 24.8 Å². The maximum atomic E-state index is 12.0. The van der Waals surface area contributed by atoms with Gasteiger partial charge in [0.1, 0.15) is 0 Å². The molecule has 1 aromatic rings. The van der Waals surface area contributed by atoms with Gasteiger partial charge < -0.3 is 11.1 Å². The molecule has 1 aliphatic heterocycles. The van der Waals surface area contributed by atoms with E-state index in [9.17, 15) is 4.79 Å². The molecular formula is C12H15N3O. The molecule has 3 rings (SSSR count). The maximum absolute atomic E-state index is 12.0. The molecule has 3 N–H and O–H groups in total. The number of nitrogens with zero attached hydrogens (tertiary/aromatic N) is 1. The Hall–Kier alpha value is -1.71. The van der Waals surface area contributed by atoms with Crippen LogP contribution in [0.3, 0.4) is 0 Å². The normalized spacial score (nSPS) is 22.0. The molecule has 2 fully saturated rings. The number of para-hydroxylation sites is 2. The first-order chi connectivity index (χ1) is 7.73. The number of benzene rings is 1. The predicted molar refractivity (Wildman–Crippen MR) is 63.3 cm³/mol. The number of urea groups is 1. The summed E-state index contributed by atoms with van der Waals surface area (Å²) in [6.45, 7) is 0.780. The Morgan fingerprint density at radius 1 is 1.25 bits per heavy atom. The van der Waals surface area contributed by atoms with E-state index < -0.39 is 0 Å². The summed E-state index contributed by atoms with van der Waals surface area (Å²) in [5.41, 5.74) is 7.51. The van der Waals surface area contributed by atoms with Gasteiger partial charge in [0.15, 0.2) is 0 Å². The molecule has 1 saturated heterocycles. The van der Waals surface area contributed by atoms with Crippen molar-refractivity contribution in [3.8, 4) is 0 Å². The lowest BCUT2D eigenvalue weighted by atomic mass is 10.1. The number of hydrogen-bond acceptors (Lipinski definition) is 2. The molecule has 0 aromatic heterocycles. The zero-order chi connectivity index (χ0) is 11.2. The van der Waals surface area contributed by atoms with Crippen molar-refractivity contribution in [1.82, 2.24) is 5.32 Å². The van der Waals surface area contributed by atoms with Crippen molar-refractivity contribution in [1.29, 1.82) is 0 Å². The zero-order valence-electron chi connectivity index (χ0n) is 9.07. The molecule has 1 saturated carbocycles. The number of nitrogen functional groups attached to an aromatic ring is 1. The van der Waals surface area contributed by atoms with E-state index in [4.69, 9.17) is 5.73 Å². The number of rotatable bonds is 1. The highest BCUT2D eigenvalue weighted by Crippen LogP contribution is 2.49. The number of hydrogen-bond donors (Lipinski definition) is 2. The smallest absolute Gasteiger partial charge is 0.322 e. The van der Waals surface area contributed by atoms with Crippen LogP contribution in [0.1, 0.15) is 19.3 Å². The largest absolute Gasteiger partial charge is 0.397 e. The molecule has 0 radical (unpaired) electrons. The predicted octanol–water partition coefficient (Wildman–Crippen LogP) is 1.72. The van der Waals surface area contributed by atoms with Gasteiger partial charge in [0.25, 0.3) is 0 Å². The molecule has 0 unspecified atom stereocenters. The topological polar surface area (TPSA) is 58.4 Å². The van der Waals surface area contributed by atoms with Crippen LogP contribution in [0.2, 0.25) is 0 Å². The van der Waals surface area contributed by atoms with E-state index in [0.717, 1.165) is 31.5 Å². The van der Waals surface area contributed by atoms with E-state index in [1.165, 1.54) is 0 Å². The Bertz CT molecular complexity index is 440. The average Bonchev–Trinajstić information content (AvgIpc) is 3.01. The summed E-state index contributed by atoms with van der Waals surface area (Å²) < 4.78 is 0. The molecule has 4 nitrogen and oxygen atoms in total. The van der Waals surface area contributed by atoms with Gasteiger partial charge in [0.05, 0.1) is 16.9 Å². The Labute approximate surface area is 94.4 Å². The van der Waals surface area contributed by atoms with Crippen LogP contribution in [-0.2, 0) is 0 Å². The summed E-state index contributed by atoms with van der Waals surface area (Å²) in [4.78, 5) is 13.8. The van der Waals surface area contributed by atoms with Crippen LogP contribution in [0, 0.1) is 0 Å². The van der Waals surface area contributed by atoms with Gasteiger partial charge in [0.2, 0.25) is 0 Å². The number of anilines is 2. The van der Waals surface area contributed by atoms with Gasteiger partial charge in [-0.3, -0.25) is 4.90 Å². The number of carbonyl (C=O) groups is 1. The van der Waals surface area contributed by atoms with Crippen molar-refractivity contribution < 1.29 is 4.79 Å². The van der Waals surface area contributed by atoms with Crippen molar-refractivity contribution in [3.63, 3.8) is 0 Å². The quantitative estimate of drug-likeness (QED) is 0.704. The molecule has 2 aliphatic rings. The monoisotopic (exact) mass is 217 g/mol. The summed E-state index contributed by atoms with van der Waals surface area (Å²) in [5.74, 6) is 0. The molecule has 2 amide bonds. The first kappa shape index (κ1) is 9.51. The zero-order valence-corrected chi connectivity index (χ0v) is 9.07. The Morgan fingerprint density at radius 2 is 2.00 bits per heavy atom. The molecule has 1 aromatic carbocycles. The third-order valence-electron chi connectivity index (χ3n) is 3.55. The van der Waals surface area contributed by atoms with Crippen LogP contribution in [0.25, 0.3) is 0 Å². The Balaban J connectivity index is 2.04. The van der Waals surface area contributed by atoms with E-state index in [0.29, 0.717) is 5.69 Å². The van der Waals surface area contributed by atoms with Crippen LogP contribution in [0.5, 0.6) is 0 Å². The summed E-state index contributed by atoms with van der Waals surface area (Å²) in [6, 6.07) is 7.55. The Morgan fingerprint density at radius 3 is 2.69 bits per heavy atom. The van der Waals surface area contributed by atoms with Crippen molar-refractivity contribution in [2.24, 2.45) is 0 Å². The van der Waals surface area contributed by atoms with Gasteiger partial charge in [0, 0.05) is 6.54 Å². The van der Waals surface area contributed by atoms with Gasteiger partial charge in [-0.1, -0.05) is 12.1 Å². The fourth-order valence-corrected chi connectivity index (χ4v) is 2.48. The van der Waals surface area contributed by atoms with Crippen molar-refractivity contribution in [3.05, 3.63) is 24.3 Å². The van der Waals surface area contributed by atoms with E-state index in [2.05, 4.69) is 5.32 Å². The van der Waals surface area contributed by atoms with Gasteiger partial charge in [-0.05, 0) is 31.4 Å². The van der Waals surface area contributed by atoms with Crippen molar-refractivity contribution >= 4 is 17.4 Å². The fourth-order valence-electron chi connectivity index (χ4n) is 2.48. The minimum atomic E-state index is -0.0124. The lowest BCUT2D eigenvalue weighted by Crippen LogP contribution is -2.54. The summed E-state index contributed by atoms with van der Waals surface area (Å²) in [6.07, 6.45) is 3.20. The van der Waals surface area contributed by atoms with E-state index >= 15 is 0 Å². The number of amides is 2. The highest BCUT2D eigenvalue weighted by atomic mass is 16.2. The molecule has 16 heavy (non-hydrogen) atoms. The van der Waals surface area contributed by atoms with Crippen LogP contribution >= 0.6 is 0 Å². The molecule has 84 valence electrons. The lowest BCUT2D eigenvalue weighted by Gasteiger charge is -2.37. The molecule has 1 spiro atoms. The van der Waals surface area contributed by atoms with E-state index in [1.54, 1.807) is 0 Å². The Kier molecular flexibility index (Phi) is 1.87. The second-order valence-corrected chi connectivity index (χ2v) is 4.60. The van der Waals surface area contributed by atoms with Crippen LogP contribution in [0.4, 0.5) is 16.2 Å². The minimum absolute atomic E-state index is 0.0124. The van der Waals surface area contributed by atoms with Crippen LogP contribution in [0.15, 0.2) is 24.3 Å². The summed E-state index contributed by atoms with van der Waals surface area (Å²) in [5, 5.41) is 2.88. The van der Waals surface area contributed by atoms with Gasteiger partial charge in [-0.25, -0.2) is 4.79 Å².